The predicted molar refractivity (Wildman–Crippen MR) is 75.0 cm³/mol. The number of esters is 1. The van der Waals surface area contributed by atoms with E-state index in [1.54, 1.807) is 6.92 Å². The van der Waals surface area contributed by atoms with E-state index in [1.807, 2.05) is 0 Å². The zero-order valence-electron chi connectivity index (χ0n) is 10.6. The fourth-order valence-corrected chi connectivity index (χ4v) is 4.72. The Bertz CT molecular complexity index is 554. The fourth-order valence-electron chi connectivity index (χ4n) is 1.12. The first-order valence-electron chi connectivity index (χ1n) is 5.22. The Morgan fingerprint density at radius 1 is 1.53 bits per heavy atom. The maximum Gasteiger partial charge on any atom is 0.348 e. The fraction of sp³-hybridized carbons (Fsp3) is 0.500. The van der Waals surface area contributed by atoms with E-state index in [4.69, 9.17) is 4.74 Å². The Morgan fingerprint density at radius 2 is 2.16 bits per heavy atom. The van der Waals surface area contributed by atoms with Gasteiger partial charge < -0.3 is 9.47 Å². The summed E-state index contributed by atoms with van der Waals surface area (Å²) in [5.41, 5.74) is 0. The third-order valence-corrected chi connectivity index (χ3v) is 5.95. The normalized spacial score (nSPS) is 13.3. The Labute approximate surface area is 124 Å². The standard InChI is InChI=1S/C10H14BrNO5S2/c1-6(16-2)5-12-19(14,15)8-4-7(10(13)17-3)18-9(8)11/h4,6,12H,5H2,1-3H3. The summed E-state index contributed by atoms with van der Waals surface area (Å²) < 4.78 is 36.4. The molecule has 1 aromatic heterocycles. The number of carbonyl (C=O) groups excluding carboxylic acids is 1. The first-order chi connectivity index (χ1) is 8.81. The van der Waals surface area contributed by atoms with Crippen LogP contribution < -0.4 is 4.72 Å². The molecule has 6 nitrogen and oxygen atoms in total. The lowest BCUT2D eigenvalue weighted by atomic mass is 10.4. The number of sulfonamides is 1. The second-order valence-electron chi connectivity index (χ2n) is 3.64. The second-order valence-corrected chi connectivity index (χ2v) is 7.74. The number of hydrogen-bond donors (Lipinski definition) is 1. The van der Waals surface area contributed by atoms with Gasteiger partial charge in [-0.05, 0) is 28.9 Å². The van der Waals surface area contributed by atoms with Gasteiger partial charge in [0.2, 0.25) is 10.0 Å². The molecule has 108 valence electrons. The summed E-state index contributed by atoms with van der Waals surface area (Å²) >= 11 is 4.14. The van der Waals surface area contributed by atoms with Crippen LogP contribution in [0.4, 0.5) is 0 Å². The molecule has 0 aliphatic heterocycles. The quantitative estimate of drug-likeness (QED) is 0.768. The third-order valence-electron chi connectivity index (χ3n) is 2.29. The minimum Gasteiger partial charge on any atom is -0.465 e. The van der Waals surface area contributed by atoms with Crippen molar-refractivity contribution in [1.82, 2.24) is 4.72 Å². The Balaban J connectivity index is 2.95. The summed E-state index contributed by atoms with van der Waals surface area (Å²) in [6.45, 7) is 1.89. The lowest BCUT2D eigenvalue weighted by molar-refractivity contribution is 0.0606. The van der Waals surface area contributed by atoms with Gasteiger partial charge in [0.05, 0.1) is 17.0 Å². The van der Waals surface area contributed by atoms with Gasteiger partial charge in [-0.25, -0.2) is 17.9 Å². The first-order valence-corrected chi connectivity index (χ1v) is 8.31. The molecule has 1 heterocycles. The van der Waals surface area contributed by atoms with Gasteiger partial charge in [-0.2, -0.15) is 0 Å². The van der Waals surface area contributed by atoms with Gasteiger partial charge in [-0.3, -0.25) is 0 Å². The molecule has 0 radical (unpaired) electrons. The molecule has 0 amide bonds. The summed E-state index contributed by atoms with van der Waals surface area (Å²) in [5, 5.41) is 0. The molecular weight excluding hydrogens is 358 g/mol. The molecule has 0 fully saturated rings. The summed E-state index contributed by atoms with van der Waals surface area (Å²) in [6.07, 6.45) is -0.243. The molecule has 0 aromatic carbocycles. The van der Waals surface area contributed by atoms with Crippen LogP contribution in [0.25, 0.3) is 0 Å². The largest absolute Gasteiger partial charge is 0.465 e. The minimum absolute atomic E-state index is 0.0150. The number of carbonyl (C=O) groups is 1. The molecule has 0 aliphatic carbocycles. The number of hydrogen-bond acceptors (Lipinski definition) is 6. The van der Waals surface area contributed by atoms with Crippen LogP contribution in [-0.2, 0) is 19.5 Å². The lowest BCUT2D eigenvalue weighted by Crippen LogP contribution is -2.31. The molecule has 1 atom stereocenters. The van der Waals surface area contributed by atoms with Crippen molar-refractivity contribution in [3.05, 3.63) is 14.7 Å². The van der Waals surface area contributed by atoms with E-state index in [0.29, 0.717) is 3.79 Å². The van der Waals surface area contributed by atoms with Gasteiger partial charge in [-0.1, -0.05) is 0 Å². The van der Waals surface area contributed by atoms with E-state index >= 15 is 0 Å². The van der Waals surface area contributed by atoms with E-state index in [9.17, 15) is 13.2 Å². The molecular formula is C10H14BrNO5S2. The topological polar surface area (TPSA) is 81.7 Å². The van der Waals surface area contributed by atoms with Crippen molar-refractivity contribution in [1.29, 1.82) is 0 Å². The highest BCUT2D eigenvalue weighted by molar-refractivity contribution is 9.11. The molecule has 9 heteroatoms. The van der Waals surface area contributed by atoms with Crippen LogP contribution in [0, 0.1) is 0 Å². The van der Waals surface area contributed by atoms with Gasteiger partial charge in [-0.15, -0.1) is 11.3 Å². The third kappa shape index (κ3) is 4.25. The van der Waals surface area contributed by atoms with Crippen molar-refractivity contribution in [2.75, 3.05) is 20.8 Å². The first kappa shape index (κ1) is 16.6. The van der Waals surface area contributed by atoms with E-state index in [-0.39, 0.29) is 22.4 Å². The van der Waals surface area contributed by atoms with Gasteiger partial charge in [0.15, 0.2) is 0 Å². The number of nitrogens with one attached hydrogen (secondary N) is 1. The maximum absolute atomic E-state index is 12.1. The molecule has 19 heavy (non-hydrogen) atoms. The summed E-state index contributed by atoms with van der Waals surface area (Å²) in [4.78, 5) is 11.6. The summed E-state index contributed by atoms with van der Waals surface area (Å²) in [7, 11) is -0.958. The van der Waals surface area contributed by atoms with Crippen LogP contribution in [0.3, 0.4) is 0 Å². The van der Waals surface area contributed by atoms with Crippen molar-refractivity contribution >= 4 is 43.3 Å². The molecule has 0 spiro atoms. The minimum atomic E-state index is -3.69. The average Bonchev–Trinajstić information content (AvgIpc) is 2.78. The number of methoxy groups -OCH3 is 2. The smallest absolute Gasteiger partial charge is 0.348 e. The van der Waals surface area contributed by atoms with Crippen molar-refractivity contribution in [3.63, 3.8) is 0 Å². The van der Waals surface area contributed by atoms with Gasteiger partial charge in [0.1, 0.15) is 9.77 Å². The monoisotopic (exact) mass is 371 g/mol. The van der Waals surface area contributed by atoms with Crippen LogP contribution in [0.5, 0.6) is 0 Å². The number of ether oxygens (including phenoxy) is 2. The summed E-state index contributed by atoms with van der Waals surface area (Å²) in [6, 6.07) is 1.28. The van der Waals surface area contributed by atoms with Gasteiger partial charge in [0, 0.05) is 13.7 Å². The Hall–Kier alpha value is -0.480. The van der Waals surface area contributed by atoms with Crippen LogP contribution in [0.15, 0.2) is 14.7 Å². The highest BCUT2D eigenvalue weighted by atomic mass is 79.9. The van der Waals surface area contributed by atoms with Crippen molar-refractivity contribution < 1.29 is 22.7 Å². The molecule has 1 N–H and O–H groups in total. The molecule has 0 saturated carbocycles. The van der Waals surface area contributed by atoms with Crippen molar-refractivity contribution in [2.24, 2.45) is 0 Å². The van der Waals surface area contributed by atoms with E-state index in [2.05, 4.69) is 25.4 Å². The maximum atomic E-state index is 12.1. The zero-order chi connectivity index (χ0) is 14.6. The molecule has 0 saturated heterocycles. The van der Waals surface area contributed by atoms with Gasteiger partial charge in [0.25, 0.3) is 0 Å². The highest BCUT2D eigenvalue weighted by Gasteiger charge is 2.23. The van der Waals surface area contributed by atoms with E-state index < -0.39 is 16.0 Å². The summed E-state index contributed by atoms with van der Waals surface area (Å²) in [5.74, 6) is -0.572. The zero-order valence-corrected chi connectivity index (χ0v) is 13.8. The van der Waals surface area contributed by atoms with Crippen molar-refractivity contribution in [2.45, 2.75) is 17.9 Å². The predicted octanol–water partition coefficient (Wildman–Crippen LogP) is 1.61. The van der Waals surface area contributed by atoms with E-state index in [1.165, 1.54) is 20.3 Å². The number of halogens is 1. The number of rotatable bonds is 6. The molecule has 0 aliphatic rings. The Morgan fingerprint density at radius 3 is 2.68 bits per heavy atom. The van der Waals surface area contributed by atoms with Crippen LogP contribution in [0.1, 0.15) is 16.6 Å². The van der Waals surface area contributed by atoms with Crippen molar-refractivity contribution in [3.8, 4) is 0 Å². The van der Waals surface area contributed by atoms with Crippen LogP contribution in [0.2, 0.25) is 0 Å². The molecule has 0 bridgehead atoms. The van der Waals surface area contributed by atoms with E-state index in [0.717, 1.165) is 11.3 Å². The molecule has 1 rings (SSSR count). The lowest BCUT2D eigenvalue weighted by Gasteiger charge is -2.10. The average molecular weight is 372 g/mol. The van der Waals surface area contributed by atoms with Crippen LogP contribution in [-0.4, -0.2) is 41.3 Å². The number of thiophene rings is 1. The van der Waals surface area contributed by atoms with Gasteiger partial charge >= 0.3 is 5.97 Å². The second kappa shape index (κ2) is 6.80. The molecule has 1 unspecified atom stereocenters. The Kier molecular flexibility index (Phi) is 5.93. The SMILES string of the molecule is COC(=O)c1cc(S(=O)(=O)NCC(C)OC)c(Br)s1. The molecule has 1 aromatic rings. The van der Waals surface area contributed by atoms with Crippen LogP contribution >= 0.6 is 27.3 Å². The highest BCUT2D eigenvalue weighted by Crippen LogP contribution is 2.31.